The first-order valence-electron chi connectivity index (χ1n) is 7.37. The van der Waals surface area contributed by atoms with Gasteiger partial charge in [0, 0.05) is 0 Å². The Kier molecular flexibility index (Phi) is 12.7. The SMILES string of the molecule is [B]c1ccccc1.[C-]1=CC=CC1.[Cl][Zr+2][Cl].c1ccc2[cH-]ccc2c1. The molecule has 0 amide bonds. The van der Waals surface area contributed by atoms with Crippen molar-refractivity contribution in [2.45, 2.75) is 6.42 Å². The molecule has 0 atom stereocenters. The van der Waals surface area contributed by atoms with E-state index >= 15 is 0 Å². The van der Waals surface area contributed by atoms with Crippen molar-refractivity contribution in [2.75, 3.05) is 0 Å². The minimum absolute atomic E-state index is 0.822. The Morgan fingerprint density at radius 2 is 1.62 bits per heavy atom. The normalized spacial score (nSPS) is 10.4. The Morgan fingerprint density at radius 3 is 2.08 bits per heavy atom. The summed E-state index contributed by atoms with van der Waals surface area (Å²) in [6.07, 6.45) is 10.0. The van der Waals surface area contributed by atoms with E-state index in [9.17, 15) is 0 Å². The van der Waals surface area contributed by atoms with E-state index in [1.54, 1.807) is 0 Å². The first-order chi connectivity index (χ1) is 11.8. The van der Waals surface area contributed by atoms with Gasteiger partial charge in [0.1, 0.15) is 7.85 Å². The van der Waals surface area contributed by atoms with Crippen molar-refractivity contribution in [1.29, 1.82) is 0 Å². The fraction of sp³-hybridized carbons (Fsp3) is 0.0500. The minimum Gasteiger partial charge on any atom is -0.168 e. The van der Waals surface area contributed by atoms with Gasteiger partial charge in [0.2, 0.25) is 0 Å². The summed E-state index contributed by atoms with van der Waals surface area (Å²) >= 11 is -0.826. The minimum atomic E-state index is -0.826. The van der Waals surface area contributed by atoms with Crippen LogP contribution in [0.4, 0.5) is 0 Å². The number of hydrogen-bond acceptors (Lipinski definition) is 0. The summed E-state index contributed by atoms with van der Waals surface area (Å²) in [4.78, 5) is 0. The van der Waals surface area contributed by atoms with Crippen molar-refractivity contribution < 1.29 is 20.8 Å². The summed E-state index contributed by atoms with van der Waals surface area (Å²) in [6.45, 7) is 0. The number of rotatable bonds is 0. The molecular weight excluding hydrogens is 413 g/mol. The Bertz CT molecular complexity index is 680. The van der Waals surface area contributed by atoms with E-state index in [0.717, 1.165) is 11.9 Å². The van der Waals surface area contributed by atoms with E-state index in [2.05, 4.69) is 54.6 Å². The smallest absolute Gasteiger partial charge is 0.0809 e. The molecule has 24 heavy (non-hydrogen) atoms. The molecule has 3 aromatic carbocycles. The van der Waals surface area contributed by atoms with Crippen molar-refractivity contribution in [1.82, 2.24) is 0 Å². The Balaban J connectivity index is 0.000000172. The van der Waals surface area contributed by atoms with Crippen LogP contribution in [-0.2, 0) is 20.8 Å². The molecule has 0 unspecified atom stereocenters. The van der Waals surface area contributed by atoms with Crippen LogP contribution in [0.5, 0.6) is 0 Å². The molecule has 118 valence electrons. The van der Waals surface area contributed by atoms with Gasteiger partial charge in [0.15, 0.2) is 0 Å². The van der Waals surface area contributed by atoms with Crippen LogP contribution in [0, 0.1) is 6.08 Å². The second-order valence-corrected chi connectivity index (χ2v) is 8.37. The maximum absolute atomic E-state index is 5.36. The van der Waals surface area contributed by atoms with Crippen molar-refractivity contribution in [2.24, 2.45) is 0 Å². The average molecular weight is 430 g/mol. The van der Waals surface area contributed by atoms with Crippen molar-refractivity contribution in [3.63, 3.8) is 0 Å². The van der Waals surface area contributed by atoms with E-state index in [-0.39, 0.29) is 0 Å². The summed E-state index contributed by atoms with van der Waals surface area (Å²) in [5, 5.41) is 2.66. The van der Waals surface area contributed by atoms with E-state index < -0.39 is 20.8 Å². The van der Waals surface area contributed by atoms with Gasteiger partial charge >= 0.3 is 37.9 Å². The third kappa shape index (κ3) is 10.0. The summed E-state index contributed by atoms with van der Waals surface area (Å²) in [6, 6.07) is 24.2. The largest absolute Gasteiger partial charge is 0.168 e. The van der Waals surface area contributed by atoms with E-state index in [1.165, 1.54) is 10.8 Å². The molecular formula is C20H17BCl2Zr. The average Bonchev–Trinajstić information content (AvgIpc) is 3.32. The number of fused-ring (bicyclic) bond motifs is 1. The molecule has 0 saturated carbocycles. The predicted molar refractivity (Wildman–Crippen MR) is 105 cm³/mol. The second-order valence-electron chi connectivity index (χ2n) is 4.64. The molecule has 0 saturated heterocycles. The first kappa shape index (κ1) is 21.1. The molecule has 4 heteroatoms. The van der Waals surface area contributed by atoms with Crippen molar-refractivity contribution in [3.8, 4) is 0 Å². The third-order valence-electron chi connectivity index (χ3n) is 2.93. The molecule has 0 fully saturated rings. The monoisotopic (exact) mass is 428 g/mol. The molecule has 3 aromatic rings. The van der Waals surface area contributed by atoms with Crippen LogP contribution in [0.3, 0.4) is 0 Å². The van der Waals surface area contributed by atoms with Gasteiger partial charge in [-0.15, -0.1) is 36.1 Å². The summed E-state index contributed by atoms with van der Waals surface area (Å²) in [7, 11) is 15.2. The number of halogens is 2. The predicted octanol–water partition coefficient (Wildman–Crippen LogP) is 5.72. The van der Waals surface area contributed by atoms with Gasteiger partial charge in [0.25, 0.3) is 0 Å². The number of benzene rings is 2. The third-order valence-corrected chi connectivity index (χ3v) is 2.93. The zero-order valence-electron chi connectivity index (χ0n) is 13.2. The fourth-order valence-electron chi connectivity index (χ4n) is 1.86. The van der Waals surface area contributed by atoms with Crippen LogP contribution < -0.4 is 5.46 Å². The van der Waals surface area contributed by atoms with Gasteiger partial charge in [-0.1, -0.05) is 41.9 Å². The van der Waals surface area contributed by atoms with Crippen LogP contribution >= 0.6 is 17.0 Å². The van der Waals surface area contributed by atoms with E-state index in [1.807, 2.05) is 42.5 Å². The maximum Gasteiger partial charge on any atom is -0.0809 e. The van der Waals surface area contributed by atoms with Gasteiger partial charge in [-0.25, -0.2) is 12.2 Å². The number of hydrogen-bond donors (Lipinski definition) is 0. The Labute approximate surface area is 164 Å². The molecule has 1 aliphatic rings. The molecule has 0 spiro atoms. The summed E-state index contributed by atoms with van der Waals surface area (Å²) in [5.41, 5.74) is 0.822. The second kappa shape index (κ2) is 14.4. The zero-order chi connectivity index (χ0) is 17.5. The molecule has 0 aromatic heterocycles. The molecule has 1 aliphatic carbocycles. The standard InChI is InChI=1S/C9H7.C6H5B.C5H5.2ClH.Zr/c1-2-5-9-7-3-6-8(9)4-1;7-6-4-2-1-3-5-6;1-2-4-5-3-1;;;/h1-7H;1-5H;1-3H,4H2;2*1H;/q-1;;-1;;;+4/p-2. The zero-order valence-corrected chi connectivity index (χ0v) is 17.2. The topological polar surface area (TPSA) is 0 Å². The van der Waals surface area contributed by atoms with E-state index in [0.29, 0.717) is 0 Å². The van der Waals surface area contributed by atoms with Crippen LogP contribution in [0.1, 0.15) is 6.42 Å². The van der Waals surface area contributed by atoms with Gasteiger partial charge in [0.05, 0.1) is 0 Å². The molecule has 0 bridgehead atoms. The van der Waals surface area contributed by atoms with Crippen molar-refractivity contribution in [3.05, 3.63) is 97.1 Å². The van der Waals surface area contributed by atoms with Crippen LogP contribution in [0.25, 0.3) is 10.8 Å². The number of allylic oxidation sites excluding steroid dienone is 4. The van der Waals surface area contributed by atoms with Gasteiger partial charge < -0.3 is 0 Å². The van der Waals surface area contributed by atoms with Crippen LogP contribution in [0.2, 0.25) is 0 Å². The van der Waals surface area contributed by atoms with Gasteiger partial charge in [-0.3, -0.25) is 6.08 Å². The molecule has 0 N–H and O–H groups in total. The quantitative estimate of drug-likeness (QED) is 0.316. The maximum atomic E-state index is 5.36. The van der Waals surface area contributed by atoms with Crippen LogP contribution in [0.15, 0.2) is 91.0 Å². The fourth-order valence-corrected chi connectivity index (χ4v) is 1.86. The Hall–Kier alpha value is -0.942. The van der Waals surface area contributed by atoms with Crippen LogP contribution in [-0.4, -0.2) is 7.85 Å². The summed E-state index contributed by atoms with van der Waals surface area (Å²) in [5.74, 6) is 0. The molecule has 0 heterocycles. The van der Waals surface area contributed by atoms with Crippen molar-refractivity contribution >= 4 is 41.1 Å². The molecule has 0 nitrogen and oxygen atoms in total. The molecule has 0 aliphatic heterocycles. The van der Waals surface area contributed by atoms with Gasteiger partial charge in [-0.2, -0.15) is 23.6 Å². The van der Waals surface area contributed by atoms with E-state index in [4.69, 9.17) is 24.9 Å². The first-order valence-corrected chi connectivity index (χ1v) is 13.7. The van der Waals surface area contributed by atoms with Gasteiger partial charge in [-0.05, 0) is 0 Å². The Morgan fingerprint density at radius 1 is 0.958 bits per heavy atom. The molecule has 4 rings (SSSR count). The molecule has 2 radical (unpaired) electrons. The summed E-state index contributed by atoms with van der Waals surface area (Å²) < 4.78 is 0.